The zero-order chi connectivity index (χ0) is 32.7. The topological polar surface area (TPSA) is 52.0 Å². The first kappa shape index (κ1) is 32.1. The highest BCUT2D eigenvalue weighted by molar-refractivity contribution is 7.80. The fraction of sp³-hybridized carbons (Fsp3) is 0.0909. The first-order chi connectivity index (χ1) is 23.7. The molecule has 4 N–H and O–H groups in total. The summed E-state index contributed by atoms with van der Waals surface area (Å²) in [5, 5.41) is 8.00. The summed E-state index contributed by atoms with van der Waals surface area (Å²) < 4.78 is 0. The lowest BCUT2D eigenvalue weighted by Crippen LogP contribution is -2.45. The van der Waals surface area contributed by atoms with E-state index in [0.717, 1.165) is 18.4 Å². The molecular formula is C44H40N2P2. The summed E-state index contributed by atoms with van der Waals surface area (Å²) in [6.45, 7) is 0. The smallest absolute Gasteiger partial charge is 0.0451 e. The van der Waals surface area contributed by atoms with Gasteiger partial charge in [0.1, 0.15) is 0 Å². The molecule has 6 aromatic rings. The van der Waals surface area contributed by atoms with Crippen LogP contribution in [0.25, 0.3) is 12.2 Å². The predicted molar refractivity (Wildman–Crippen MR) is 211 cm³/mol. The Labute approximate surface area is 287 Å². The number of nitrogens with two attached hydrogens (primary N) is 2. The summed E-state index contributed by atoms with van der Waals surface area (Å²) >= 11 is 0. The largest absolute Gasteiger partial charge is 0.326 e. The lowest BCUT2D eigenvalue weighted by molar-refractivity contribution is 0.511. The van der Waals surface area contributed by atoms with Crippen molar-refractivity contribution in [1.29, 1.82) is 0 Å². The van der Waals surface area contributed by atoms with Crippen molar-refractivity contribution in [3.05, 3.63) is 192 Å². The molecule has 48 heavy (non-hydrogen) atoms. The Bertz CT molecular complexity index is 1930. The van der Waals surface area contributed by atoms with E-state index >= 15 is 0 Å². The van der Waals surface area contributed by atoms with Crippen LogP contribution in [-0.4, -0.2) is 12.1 Å². The summed E-state index contributed by atoms with van der Waals surface area (Å²) in [4.78, 5) is 0. The van der Waals surface area contributed by atoms with Crippen LogP contribution < -0.4 is 43.3 Å². The van der Waals surface area contributed by atoms with Gasteiger partial charge in [0.25, 0.3) is 0 Å². The van der Waals surface area contributed by atoms with E-state index in [1.54, 1.807) is 0 Å². The molecular weight excluding hydrogens is 618 g/mol. The van der Waals surface area contributed by atoms with Crippen LogP contribution in [0.1, 0.15) is 24.0 Å². The Morgan fingerprint density at radius 3 is 1.21 bits per heavy atom. The Morgan fingerprint density at radius 2 is 0.792 bits per heavy atom. The molecule has 0 radical (unpaired) electrons. The number of hydrogen-bond acceptors (Lipinski definition) is 2. The Morgan fingerprint density at radius 1 is 0.438 bits per heavy atom. The molecule has 2 nitrogen and oxygen atoms in total. The van der Waals surface area contributed by atoms with Crippen LogP contribution in [0.15, 0.2) is 181 Å². The van der Waals surface area contributed by atoms with Crippen molar-refractivity contribution >= 4 is 59.8 Å². The highest BCUT2D eigenvalue weighted by Crippen LogP contribution is 2.38. The minimum atomic E-state index is -0.780. The van der Waals surface area contributed by atoms with Crippen LogP contribution in [0.2, 0.25) is 0 Å². The third-order valence-corrected chi connectivity index (χ3v) is 14.0. The third-order valence-electron chi connectivity index (χ3n) is 8.99. The van der Waals surface area contributed by atoms with Gasteiger partial charge in [-0.2, -0.15) is 0 Å². The van der Waals surface area contributed by atoms with E-state index in [2.05, 4.69) is 182 Å². The minimum absolute atomic E-state index is 0.0914. The molecule has 2 atom stereocenters. The average molecular weight is 659 g/mol. The van der Waals surface area contributed by atoms with Gasteiger partial charge in [0.15, 0.2) is 0 Å². The fourth-order valence-corrected chi connectivity index (χ4v) is 11.4. The second kappa shape index (κ2) is 15.2. The molecule has 1 saturated carbocycles. The van der Waals surface area contributed by atoms with Crippen molar-refractivity contribution in [2.24, 2.45) is 11.5 Å². The van der Waals surface area contributed by atoms with Crippen LogP contribution >= 0.6 is 15.8 Å². The second-order valence-corrected chi connectivity index (χ2v) is 16.5. The van der Waals surface area contributed by atoms with Gasteiger partial charge in [0, 0.05) is 12.1 Å². The number of rotatable bonds is 8. The van der Waals surface area contributed by atoms with Gasteiger partial charge in [-0.05, 0) is 88.9 Å². The van der Waals surface area contributed by atoms with Gasteiger partial charge in [0.05, 0.1) is 0 Å². The van der Waals surface area contributed by atoms with E-state index in [9.17, 15) is 0 Å². The van der Waals surface area contributed by atoms with Crippen molar-refractivity contribution in [3.8, 4) is 0 Å². The highest BCUT2D eigenvalue weighted by atomic mass is 31.1. The van der Waals surface area contributed by atoms with E-state index in [-0.39, 0.29) is 12.1 Å². The molecule has 1 aliphatic rings. The lowest BCUT2D eigenvalue weighted by Gasteiger charge is -2.32. The predicted octanol–water partition coefficient (Wildman–Crippen LogP) is 7.12. The van der Waals surface area contributed by atoms with Gasteiger partial charge in [-0.3, -0.25) is 0 Å². The van der Waals surface area contributed by atoms with Gasteiger partial charge in [-0.1, -0.05) is 176 Å². The highest BCUT2D eigenvalue weighted by Gasteiger charge is 2.28. The number of hydrogen-bond donors (Lipinski definition) is 2. The quantitative estimate of drug-likeness (QED) is 0.171. The normalized spacial score (nSPS) is 18.1. The third kappa shape index (κ3) is 7.05. The van der Waals surface area contributed by atoms with Gasteiger partial charge >= 0.3 is 0 Å². The van der Waals surface area contributed by atoms with E-state index in [1.165, 1.54) is 48.5 Å². The first-order valence-corrected chi connectivity index (χ1v) is 19.3. The molecule has 0 amide bonds. The van der Waals surface area contributed by atoms with Crippen LogP contribution in [0.3, 0.4) is 0 Å². The van der Waals surface area contributed by atoms with Gasteiger partial charge in [-0.25, -0.2) is 0 Å². The molecule has 0 heterocycles. The lowest BCUT2D eigenvalue weighted by atomic mass is 9.81. The molecule has 0 aliphatic heterocycles. The van der Waals surface area contributed by atoms with Gasteiger partial charge in [-0.15, -0.1) is 0 Å². The van der Waals surface area contributed by atoms with E-state index in [0.29, 0.717) is 0 Å². The van der Waals surface area contributed by atoms with Crippen molar-refractivity contribution in [2.75, 3.05) is 0 Å². The summed E-state index contributed by atoms with van der Waals surface area (Å²) in [5.41, 5.74) is 18.6. The zero-order valence-electron chi connectivity index (χ0n) is 26.9. The Balaban J connectivity index is 1.36. The molecule has 6 aromatic carbocycles. The molecule has 236 valence electrons. The van der Waals surface area contributed by atoms with Gasteiger partial charge in [0.2, 0.25) is 0 Å². The van der Waals surface area contributed by atoms with E-state index in [1.807, 2.05) is 0 Å². The first-order valence-electron chi connectivity index (χ1n) is 16.6. The molecule has 1 aliphatic carbocycles. The van der Waals surface area contributed by atoms with Crippen LogP contribution in [0.5, 0.6) is 0 Å². The minimum Gasteiger partial charge on any atom is -0.326 e. The van der Waals surface area contributed by atoms with Crippen LogP contribution in [0.4, 0.5) is 0 Å². The maximum Gasteiger partial charge on any atom is 0.0451 e. The monoisotopic (exact) mass is 658 g/mol. The molecule has 0 aromatic heterocycles. The summed E-state index contributed by atoms with van der Waals surface area (Å²) in [7, 11) is -1.54. The molecule has 1 fully saturated rings. The SMILES string of the molecule is NC1CCC(=Cc2ccccc2P(c2ccccc2)c2ccccc2)C(=Cc2ccccc2P(c2ccccc2)c2ccccc2)C1N. The molecule has 4 heteroatoms. The Kier molecular flexibility index (Phi) is 10.2. The second-order valence-electron chi connectivity index (χ2n) is 12.1. The molecule has 0 spiro atoms. The molecule has 2 unspecified atom stereocenters. The standard InChI is InChI=1S/C44H40N2P2/c45-41-30-29-33(31-34-17-13-15-27-42(34)47(36-19-5-1-6-20-36)37-21-7-2-8-22-37)40(44(41)46)32-35-18-14-16-28-43(35)48(38-23-9-3-10-24-38)39-25-11-4-12-26-39/h1-28,31-32,41,44H,29-30,45-46H2. The maximum atomic E-state index is 7.02. The van der Waals surface area contributed by atoms with Crippen molar-refractivity contribution in [2.45, 2.75) is 24.9 Å². The van der Waals surface area contributed by atoms with Crippen LogP contribution in [-0.2, 0) is 0 Å². The van der Waals surface area contributed by atoms with Crippen molar-refractivity contribution in [1.82, 2.24) is 0 Å². The Hall–Kier alpha value is -4.42. The molecule has 0 bridgehead atoms. The summed E-state index contributed by atoms with van der Waals surface area (Å²) in [6.07, 6.45) is 6.48. The molecule has 0 saturated heterocycles. The van der Waals surface area contributed by atoms with Crippen molar-refractivity contribution < 1.29 is 0 Å². The number of benzene rings is 6. The summed E-state index contributed by atoms with van der Waals surface area (Å²) in [5.74, 6) is 0. The van der Waals surface area contributed by atoms with Crippen molar-refractivity contribution in [3.63, 3.8) is 0 Å². The van der Waals surface area contributed by atoms with E-state index in [4.69, 9.17) is 11.5 Å². The van der Waals surface area contributed by atoms with E-state index < -0.39 is 15.8 Å². The zero-order valence-corrected chi connectivity index (χ0v) is 28.7. The van der Waals surface area contributed by atoms with Crippen LogP contribution in [0, 0.1) is 0 Å². The summed E-state index contributed by atoms with van der Waals surface area (Å²) in [6, 6.07) is 61.0. The average Bonchev–Trinajstić information content (AvgIpc) is 3.15. The maximum absolute atomic E-state index is 7.02. The molecule has 7 rings (SSSR count). The van der Waals surface area contributed by atoms with Gasteiger partial charge < -0.3 is 11.5 Å². The fourth-order valence-electron chi connectivity index (χ4n) is 6.58.